The van der Waals surface area contributed by atoms with Gasteiger partial charge >= 0.3 is 0 Å². The van der Waals surface area contributed by atoms with Crippen molar-refractivity contribution >= 4 is 11.7 Å². The van der Waals surface area contributed by atoms with E-state index in [1.54, 1.807) is 0 Å². The molecule has 2 atom stereocenters. The number of amides is 1. The van der Waals surface area contributed by atoms with Crippen molar-refractivity contribution in [3.8, 4) is 0 Å². The molecular formula is C18H31N3O4. The predicted octanol–water partition coefficient (Wildman–Crippen LogP) is -0.0231. The highest BCUT2D eigenvalue weighted by Gasteiger charge is 2.51. The second kappa shape index (κ2) is 8.12. The molecule has 0 aromatic carbocycles. The lowest BCUT2D eigenvalue weighted by atomic mass is 9.91. The summed E-state index contributed by atoms with van der Waals surface area (Å²) in [6, 6.07) is -0.123. The van der Waals surface area contributed by atoms with E-state index in [9.17, 15) is 14.7 Å². The van der Waals surface area contributed by atoms with Gasteiger partial charge in [-0.25, -0.2) is 0 Å². The summed E-state index contributed by atoms with van der Waals surface area (Å²) >= 11 is 0. The van der Waals surface area contributed by atoms with Gasteiger partial charge in [0.1, 0.15) is 6.61 Å². The monoisotopic (exact) mass is 353 g/mol. The number of hydrogen-bond donors (Lipinski definition) is 2. The third kappa shape index (κ3) is 4.78. The Balaban J connectivity index is 1.25. The summed E-state index contributed by atoms with van der Waals surface area (Å²) in [5.74, 6) is 0.193. The SMILES string of the molecule is C[C@@H]1NCCN(CCCC(=O)COCN2CCC3(CC3)[C@H](O)C2)C1=O. The molecule has 2 saturated heterocycles. The van der Waals surface area contributed by atoms with Gasteiger partial charge in [0.15, 0.2) is 5.78 Å². The topological polar surface area (TPSA) is 82.1 Å². The van der Waals surface area contributed by atoms with Gasteiger partial charge in [0.25, 0.3) is 0 Å². The summed E-state index contributed by atoms with van der Waals surface area (Å²) in [5.41, 5.74) is 0.200. The number of hydrogen-bond acceptors (Lipinski definition) is 6. The zero-order chi connectivity index (χ0) is 17.9. The number of nitrogens with zero attached hydrogens (tertiary/aromatic N) is 2. The van der Waals surface area contributed by atoms with Crippen molar-refractivity contribution < 1.29 is 19.4 Å². The Morgan fingerprint density at radius 2 is 2.16 bits per heavy atom. The zero-order valence-electron chi connectivity index (χ0n) is 15.2. The normalized spacial score (nSPS) is 29.2. The number of aliphatic hydroxyl groups excluding tert-OH is 1. The van der Waals surface area contributed by atoms with E-state index < -0.39 is 0 Å². The summed E-state index contributed by atoms with van der Waals surface area (Å²) in [7, 11) is 0. The van der Waals surface area contributed by atoms with Gasteiger partial charge in [-0.2, -0.15) is 0 Å². The summed E-state index contributed by atoms with van der Waals surface area (Å²) in [5, 5.41) is 13.3. The van der Waals surface area contributed by atoms with Gasteiger partial charge in [-0.05, 0) is 38.0 Å². The number of likely N-dealkylation sites (tertiary alicyclic amines) is 1. The van der Waals surface area contributed by atoms with Crippen LogP contribution >= 0.6 is 0 Å². The first-order chi connectivity index (χ1) is 12.0. The molecule has 7 nitrogen and oxygen atoms in total. The van der Waals surface area contributed by atoms with Crippen LogP contribution in [0.25, 0.3) is 0 Å². The van der Waals surface area contributed by atoms with Gasteiger partial charge in [-0.15, -0.1) is 0 Å². The number of ether oxygens (including phenoxy) is 1. The molecule has 25 heavy (non-hydrogen) atoms. The summed E-state index contributed by atoms with van der Waals surface area (Å²) in [6.45, 7) is 6.15. The molecule has 2 aliphatic heterocycles. The number of nitrogens with one attached hydrogen (secondary N) is 1. The molecule has 0 aromatic heterocycles. The van der Waals surface area contributed by atoms with Crippen molar-refractivity contribution in [1.82, 2.24) is 15.1 Å². The van der Waals surface area contributed by atoms with Crippen molar-refractivity contribution in [2.24, 2.45) is 5.41 Å². The summed E-state index contributed by atoms with van der Waals surface area (Å²) in [4.78, 5) is 27.8. The van der Waals surface area contributed by atoms with E-state index >= 15 is 0 Å². The fraction of sp³-hybridized carbons (Fsp3) is 0.889. The maximum Gasteiger partial charge on any atom is 0.239 e. The van der Waals surface area contributed by atoms with Gasteiger partial charge in [-0.3, -0.25) is 14.5 Å². The number of carbonyl (C=O) groups is 2. The maximum atomic E-state index is 12.0. The molecule has 7 heteroatoms. The van der Waals surface area contributed by atoms with Crippen LogP contribution in [0.3, 0.4) is 0 Å². The minimum atomic E-state index is -0.250. The standard InChI is InChI=1S/C18H31N3O4/c1-14-17(24)21(10-7-19-14)8-2-3-15(22)12-25-13-20-9-6-18(4-5-18)16(23)11-20/h14,16,19,23H,2-13H2,1H3/t14-,16+/m0/s1. The highest BCUT2D eigenvalue weighted by Crippen LogP contribution is 2.53. The molecule has 3 aliphatic rings. The first kappa shape index (κ1) is 18.8. The molecule has 1 saturated carbocycles. The molecule has 2 N–H and O–H groups in total. The van der Waals surface area contributed by atoms with Crippen molar-refractivity contribution in [2.45, 2.75) is 51.2 Å². The molecule has 0 unspecified atom stereocenters. The molecular weight excluding hydrogens is 322 g/mol. The lowest BCUT2D eigenvalue weighted by Gasteiger charge is -2.35. The van der Waals surface area contributed by atoms with Crippen LogP contribution in [-0.2, 0) is 14.3 Å². The molecule has 142 valence electrons. The largest absolute Gasteiger partial charge is 0.391 e. The van der Waals surface area contributed by atoms with Crippen LogP contribution in [0.1, 0.15) is 39.0 Å². The number of aliphatic hydroxyl groups is 1. The van der Waals surface area contributed by atoms with E-state index in [0.717, 1.165) is 32.4 Å². The third-order valence-electron chi connectivity index (χ3n) is 5.89. The number of β-amino-alcohol motifs (C(OH)–C–C–N with tert-alkyl or cyclic N) is 1. The Morgan fingerprint density at radius 1 is 1.36 bits per heavy atom. The van der Waals surface area contributed by atoms with Crippen LogP contribution in [0.2, 0.25) is 0 Å². The highest BCUT2D eigenvalue weighted by atomic mass is 16.5. The number of piperazine rings is 1. The molecule has 0 aromatic rings. The van der Waals surface area contributed by atoms with E-state index in [4.69, 9.17) is 4.74 Å². The second-order valence-corrected chi connectivity index (χ2v) is 7.83. The van der Waals surface area contributed by atoms with E-state index in [1.165, 1.54) is 0 Å². The van der Waals surface area contributed by atoms with Gasteiger partial charge < -0.3 is 20.1 Å². The van der Waals surface area contributed by atoms with Gasteiger partial charge in [0.2, 0.25) is 5.91 Å². The number of rotatable bonds is 8. The lowest BCUT2D eigenvalue weighted by Crippen LogP contribution is -2.53. The number of piperidine rings is 1. The van der Waals surface area contributed by atoms with Crippen molar-refractivity contribution in [3.63, 3.8) is 0 Å². The summed E-state index contributed by atoms with van der Waals surface area (Å²) in [6.07, 6.45) is 4.20. The van der Waals surface area contributed by atoms with E-state index in [0.29, 0.717) is 39.2 Å². The average Bonchev–Trinajstić information content (AvgIpc) is 3.36. The van der Waals surface area contributed by atoms with Crippen LogP contribution < -0.4 is 5.32 Å². The first-order valence-corrected chi connectivity index (χ1v) is 9.52. The number of Topliss-reactive ketones (excluding diaryl/α,β-unsaturated/α-hetero) is 1. The Hall–Kier alpha value is -1.02. The molecule has 1 amide bonds. The smallest absolute Gasteiger partial charge is 0.239 e. The molecule has 3 rings (SSSR count). The minimum absolute atomic E-state index is 0.0758. The number of ketones is 1. The predicted molar refractivity (Wildman–Crippen MR) is 93.0 cm³/mol. The quantitative estimate of drug-likeness (QED) is 0.638. The Bertz CT molecular complexity index is 495. The molecule has 0 bridgehead atoms. The van der Waals surface area contributed by atoms with Crippen molar-refractivity contribution in [1.29, 1.82) is 0 Å². The van der Waals surface area contributed by atoms with Crippen molar-refractivity contribution in [2.75, 3.05) is 46.1 Å². The molecule has 0 radical (unpaired) electrons. The zero-order valence-corrected chi connectivity index (χ0v) is 15.2. The molecule has 1 spiro atoms. The van der Waals surface area contributed by atoms with Crippen molar-refractivity contribution in [3.05, 3.63) is 0 Å². The molecule has 2 heterocycles. The Morgan fingerprint density at radius 3 is 2.88 bits per heavy atom. The maximum absolute atomic E-state index is 12.0. The van der Waals surface area contributed by atoms with Gasteiger partial charge in [0.05, 0.1) is 18.9 Å². The minimum Gasteiger partial charge on any atom is -0.391 e. The first-order valence-electron chi connectivity index (χ1n) is 9.52. The third-order valence-corrected chi connectivity index (χ3v) is 5.89. The Kier molecular flexibility index (Phi) is 6.09. The second-order valence-electron chi connectivity index (χ2n) is 7.83. The van der Waals surface area contributed by atoms with E-state index in [2.05, 4.69) is 10.2 Å². The van der Waals surface area contributed by atoms with Crippen LogP contribution in [0.15, 0.2) is 0 Å². The van der Waals surface area contributed by atoms with E-state index in [-0.39, 0.29) is 35.9 Å². The van der Waals surface area contributed by atoms with Crippen LogP contribution in [0.4, 0.5) is 0 Å². The number of carbonyl (C=O) groups excluding carboxylic acids is 2. The lowest BCUT2D eigenvalue weighted by molar-refractivity contribution is -0.135. The van der Waals surface area contributed by atoms with Gasteiger partial charge in [-0.1, -0.05) is 0 Å². The highest BCUT2D eigenvalue weighted by molar-refractivity contribution is 5.82. The molecule has 3 fully saturated rings. The average molecular weight is 353 g/mol. The Labute approximate surface area is 149 Å². The van der Waals surface area contributed by atoms with Crippen LogP contribution in [0, 0.1) is 5.41 Å². The van der Waals surface area contributed by atoms with Crippen LogP contribution in [-0.4, -0.2) is 84.8 Å². The fourth-order valence-corrected chi connectivity index (χ4v) is 3.88. The summed E-state index contributed by atoms with van der Waals surface area (Å²) < 4.78 is 5.53. The van der Waals surface area contributed by atoms with Gasteiger partial charge in [0, 0.05) is 39.1 Å². The fourth-order valence-electron chi connectivity index (χ4n) is 3.88. The van der Waals surface area contributed by atoms with E-state index in [1.807, 2.05) is 11.8 Å². The van der Waals surface area contributed by atoms with Crippen LogP contribution in [0.5, 0.6) is 0 Å². The molecule has 1 aliphatic carbocycles.